The Morgan fingerprint density at radius 2 is 2.29 bits per heavy atom. The van der Waals surface area contributed by atoms with Crippen LogP contribution in [0.2, 0.25) is 0 Å². The first kappa shape index (κ1) is 5.63. The summed E-state index contributed by atoms with van der Waals surface area (Å²) >= 11 is 0. The summed E-state index contributed by atoms with van der Waals surface area (Å²) in [5.41, 5.74) is -0.556. The molecule has 4 nitrogen and oxygen atoms in total. The summed E-state index contributed by atoms with van der Waals surface area (Å²) < 4.78 is 0. The highest BCUT2D eigenvalue weighted by Crippen LogP contribution is 1.87. The predicted molar refractivity (Wildman–Crippen MR) is 21.9 cm³/mol. The second-order valence-electron chi connectivity index (χ2n) is 0.852. The molecule has 4 heteroatoms. The van der Waals surface area contributed by atoms with Crippen molar-refractivity contribution in [3.05, 3.63) is 17.3 Å². The van der Waals surface area contributed by atoms with Crippen molar-refractivity contribution in [2.45, 2.75) is 0 Å². The Kier molecular flexibility index (Phi) is 1.55. The zero-order chi connectivity index (χ0) is 5.86. The van der Waals surface area contributed by atoms with Gasteiger partial charge in [0.1, 0.15) is 0 Å². The molecule has 0 spiro atoms. The number of carbonyl (C=O) groups is 1. The number of carboxylic acid groups (broad SMARTS) is 1. The minimum absolute atomic E-state index is 0.556. The van der Waals surface area contributed by atoms with Crippen LogP contribution in [0.5, 0.6) is 0 Å². The predicted octanol–water partition coefficient (Wildman–Crippen LogP) is 0.438. The van der Waals surface area contributed by atoms with Crippen molar-refractivity contribution in [1.29, 1.82) is 5.39 Å². The van der Waals surface area contributed by atoms with Gasteiger partial charge in [0.25, 0.3) is 0 Å². The molecule has 0 unspecified atom stereocenters. The number of diazo groups is 1. The van der Waals surface area contributed by atoms with Gasteiger partial charge in [-0.05, 0) is 0 Å². The van der Waals surface area contributed by atoms with Gasteiger partial charge in [0.05, 0.1) is 0 Å². The van der Waals surface area contributed by atoms with E-state index in [9.17, 15) is 4.79 Å². The minimum atomic E-state index is -1.32. The number of hydrogen-bond donors (Lipinski definition) is 1. The fourth-order valence-corrected chi connectivity index (χ4v) is 0.0428. The van der Waals surface area contributed by atoms with Crippen LogP contribution >= 0.6 is 0 Å². The Morgan fingerprint density at radius 1 is 1.86 bits per heavy atom. The van der Waals surface area contributed by atoms with Crippen molar-refractivity contribution >= 4 is 5.97 Å². The molecule has 36 valence electrons. The van der Waals surface area contributed by atoms with Crippen LogP contribution < -0.4 is 0 Å². The summed E-state index contributed by atoms with van der Waals surface area (Å²) in [4.78, 5) is 11.9. The molecule has 0 aliphatic rings. The van der Waals surface area contributed by atoms with Crippen molar-refractivity contribution < 1.29 is 9.90 Å². The molecule has 0 aromatic carbocycles. The molecule has 0 heterocycles. The van der Waals surface area contributed by atoms with Crippen LogP contribution in [0.1, 0.15) is 0 Å². The van der Waals surface area contributed by atoms with E-state index in [0.29, 0.717) is 0 Å². The number of aliphatic carboxylic acids is 1. The van der Waals surface area contributed by atoms with Crippen LogP contribution in [-0.4, -0.2) is 11.1 Å². The number of rotatable bonds is 1. The molecule has 0 bridgehead atoms. The van der Waals surface area contributed by atoms with Crippen LogP contribution in [0, 0.1) is 5.39 Å². The Morgan fingerprint density at radius 3 is 2.29 bits per heavy atom. The third-order valence-corrected chi connectivity index (χ3v) is 0.368. The third-order valence-electron chi connectivity index (χ3n) is 0.368. The maximum Gasteiger partial charge on any atom is 0.461 e. The maximum absolute atomic E-state index is 9.58. The Balaban J connectivity index is 3.90. The Labute approximate surface area is 39.7 Å². The summed E-state index contributed by atoms with van der Waals surface area (Å²) in [6.45, 7) is 2.86. The average molecular weight is 99.1 g/mol. The molecule has 0 amide bonds. The normalized spacial score (nSPS) is 6.71. The van der Waals surface area contributed by atoms with Gasteiger partial charge >= 0.3 is 11.7 Å². The van der Waals surface area contributed by atoms with E-state index < -0.39 is 11.7 Å². The van der Waals surface area contributed by atoms with E-state index in [0.717, 1.165) is 0 Å². The lowest BCUT2D eigenvalue weighted by molar-refractivity contribution is -0.132. The molecule has 0 aromatic rings. The highest BCUT2D eigenvalue weighted by molar-refractivity contribution is 5.87. The summed E-state index contributed by atoms with van der Waals surface area (Å²) in [7, 11) is 0. The van der Waals surface area contributed by atoms with E-state index in [2.05, 4.69) is 11.6 Å². The Bertz CT molecular complexity index is 144. The lowest BCUT2D eigenvalue weighted by Crippen LogP contribution is -1.92. The van der Waals surface area contributed by atoms with Crippen LogP contribution in [0.15, 0.2) is 12.3 Å². The molecule has 0 radical (unpaired) electrons. The van der Waals surface area contributed by atoms with E-state index in [1.165, 1.54) is 0 Å². The Hall–Kier alpha value is -1.37. The molecule has 0 aromatic heterocycles. The molecular weight excluding hydrogens is 96.0 g/mol. The fourth-order valence-electron chi connectivity index (χ4n) is 0.0428. The quantitative estimate of drug-likeness (QED) is 0.383. The van der Waals surface area contributed by atoms with Crippen LogP contribution in [0.25, 0.3) is 4.98 Å². The zero-order valence-electron chi connectivity index (χ0n) is 3.46. The van der Waals surface area contributed by atoms with Crippen LogP contribution in [-0.2, 0) is 4.79 Å². The summed E-state index contributed by atoms with van der Waals surface area (Å²) in [6.07, 6.45) is 0. The number of nitrogens with zero attached hydrogens (tertiary/aromatic N) is 2. The van der Waals surface area contributed by atoms with Crippen LogP contribution in [0.4, 0.5) is 0 Å². The fraction of sp³-hybridized carbons (Fsp3) is 0. The molecule has 1 N–H and O–H groups in total. The molecule has 7 heavy (non-hydrogen) atoms. The average Bonchev–Trinajstić information content (AvgIpc) is 1.65. The van der Waals surface area contributed by atoms with E-state index in [1.54, 1.807) is 0 Å². The second-order valence-corrected chi connectivity index (χ2v) is 0.852. The van der Waals surface area contributed by atoms with Gasteiger partial charge in [-0.2, -0.15) is 0 Å². The van der Waals surface area contributed by atoms with Gasteiger partial charge in [0.15, 0.2) is 4.98 Å². The van der Waals surface area contributed by atoms with Crippen molar-refractivity contribution in [1.82, 2.24) is 0 Å². The minimum Gasteiger partial charge on any atom is -0.472 e. The molecule has 0 atom stereocenters. The molecule has 0 rings (SSSR count). The molecule has 0 fully saturated rings. The van der Waals surface area contributed by atoms with Crippen molar-refractivity contribution in [3.63, 3.8) is 0 Å². The smallest absolute Gasteiger partial charge is 0.461 e. The van der Waals surface area contributed by atoms with E-state index >= 15 is 0 Å². The SMILES string of the molecule is C=C([N+]#N)C(=O)O. The van der Waals surface area contributed by atoms with Crippen molar-refractivity contribution in [2.24, 2.45) is 0 Å². The standard InChI is InChI=1S/C3H2N2O2/c1-2(5-4)3(6)7/h1H2/p+1. The first-order valence-corrected chi connectivity index (χ1v) is 1.45. The highest BCUT2D eigenvalue weighted by atomic mass is 16.4. The van der Waals surface area contributed by atoms with E-state index in [-0.39, 0.29) is 0 Å². The zero-order valence-corrected chi connectivity index (χ0v) is 3.46. The van der Waals surface area contributed by atoms with Gasteiger partial charge in [0.2, 0.25) is 5.39 Å². The summed E-state index contributed by atoms with van der Waals surface area (Å²) in [5, 5.41) is 15.5. The number of carboxylic acids is 1. The molecular formula is C3H3N2O2+. The first-order valence-electron chi connectivity index (χ1n) is 1.45. The molecule has 0 saturated heterocycles. The van der Waals surface area contributed by atoms with Gasteiger partial charge in [-0.15, -0.1) is 0 Å². The summed E-state index contributed by atoms with van der Waals surface area (Å²) in [5.74, 6) is -1.32. The first-order chi connectivity index (χ1) is 3.18. The second kappa shape index (κ2) is 1.92. The number of hydrogen-bond acceptors (Lipinski definition) is 2. The van der Waals surface area contributed by atoms with Gasteiger partial charge in [-0.25, -0.2) is 4.79 Å². The van der Waals surface area contributed by atoms with Gasteiger partial charge in [-0.1, -0.05) is 0 Å². The van der Waals surface area contributed by atoms with E-state index in [4.69, 9.17) is 10.5 Å². The lowest BCUT2D eigenvalue weighted by Gasteiger charge is -1.64. The topological polar surface area (TPSA) is 65.5 Å². The highest BCUT2D eigenvalue weighted by Gasteiger charge is 2.14. The molecule has 0 aliphatic carbocycles. The largest absolute Gasteiger partial charge is 0.472 e. The van der Waals surface area contributed by atoms with E-state index in [1.807, 2.05) is 0 Å². The molecule has 0 saturated carbocycles. The molecule has 0 aliphatic heterocycles. The lowest BCUT2D eigenvalue weighted by atomic mass is 10.5. The monoisotopic (exact) mass is 99.0 g/mol. The third kappa shape index (κ3) is 1.49. The van der Waals surface area contributed by atoms with Gasteiger partial charge < -0.3 is 5.11 Å². The van der Waals surface area contributed by atoms with Crippen molar-refractivity contribution in [3.8, 4) is 0 Å². The van der Waals surface area contributed by atoms with Gasteiger partial charge in [0, 0.05) is 6.58 Å². The maximum atomic E-state index is 9.58. The van der Waals surface area contributed by atoms with Gasteiger partial charge in [-0.3, -0.25) is 0 Å². The van der Waals surface area contributed by atoms with Crippen LogP contribution in [0.3, 0.4) is 0 Å². The van der Waals surface area contributed by atoms with Crippen molar-refractivity contribution in [2.75, 3.05) is 0 Å². The summed E-state index contributed by atoms with van der Waals surface area (Å²) in [6, 6.07) is 0.